The Balaban J connectivity index is 0.000000233. The molecule has 9 rings (SSSR count). The van der Waals surface area contributed by atoms with Gasteiger partial charge in [0, 0.05) is 52.8 Å². The van der Waals surface area contributed by atoms with Crippen LogP contribution in [0.2, 0.25) is 30.1 Å². The van der Waals surface area contributed by atoms with Crippen molar-refractivity contribution in [2.45, 2.75) is 19.3 Å². The molecule has 0 spiro atoms. The lowest BCUT2D eigenvalue weighted by Gasteiger charge is -2.25. The lowest BCUT2D eigenvalue weighted by molar-refractivity contribution is -0.118. The summed E-state index contributed by atoms with van der Waals surface area (Å²) in [4.78, 5) is 53.0. The number of amides is 4. The van der Waals surface area contributed by atoms with Crippen LogP contribution in [0.25, 0.3) is 0 Å². The van der Waals surface area contributed by atoms with E-state index in [1.807, 2.05) is 25.1 Å². The molecule has 0 atom stereocenters. The van der Waals surface area contributed by atoms with Crippen LogP contribution in [-0.2, 0) is 29.1 Å². The Morgan fingerprint density at radius 3 is 1.16 bits per heavy atom. The third-order valence-electron chi connectivity index (χ3n) is 12.1. The number of anilines is 12. The van der Waals surface area contributed by atoms with E-state index in [1.54, 1.807) is 126 Å². The van der Waals surface area contributed by atoms with Crippen molar-refractivity contribution in [1.29, 1.82) is 0 Å². The van der Waals surface area contributed by atoms with Crippen LogP contribution in [0.5, 0.6) is 0 Å². The number of hydrogen-bond acceptors (Lipinski definition) is 17. The fourth-order valence-electron chi connectivity index (χ4n) is 7.81. The number of sulfonamides is 1. The second kappa shape index (κ2) is 38.1. The summed E-state index contributed by atoms with van der Waals surface area (Å²) < 4.78 is 29.2. The van der Waals surface area contributed by atoms with Gasteiger partial charge < -0.3 is 71.0 Å². The van der Waals surface area contributed by atoms with E-state index >= 15 is 0 Å². The molecule has 7 aromatic rings. The minimum Gasteiger partial charge on any atom is -0.399 e. The highest BCUT2D eigenvalue weighted by molar-refractivity contribution is 7.92. The number of carbonyl (C=O) groups is 4. The zero-order chi connectivity index (χ0) is 66.5. The zero-order valence-corrected chi connectivity index (χ0v) is 55.0. The van der Waals surface area contributed by atoms with Crippen LogP contribution in [0.15, 0.2) is 140 Å². The van der Waals surface area contributed by atoms with Gasteiger partial charge in [-0.25, -0.2) is 8.42 Å². The quantitative estimate of drug-likeness (QED) is 0.0477. The molecule has 0 radical (unpaired) electrons. The molecule has 7 aromatic carbocycles. The molecule has 2 aliphatic heterocycles. The van der Waals surface area contributed by atoms with Crippen LogP contribution < -0.4 is 66.1 Å². The van der Waals surface area contributed by atoms with Gasteiger partial charge in [-0.3, -0.25) is 33.7 Å². The van der Waals surface area contributed by atoms with Crippen molar-refractivity contribution in [3.8, 4) is 0 Å². The Labute approximate surface area is 554 Å². The number of nitrogens with zero attached hydrogens (tertiary/aromatic N) is 3. The molecule has 90 heavy (non-hydrogen) atoms. The molecular weight excluding hydrogens is 1300 g/mol. The Bertz CT molecular complexity index is 3520. The van der Waals surface area contributed by atoms with E-state index in [2.05, 4.69) is 30.9 Å². The minimum absolute atomic E-state index is 0.0245. The molecule has 0 unspecified atom stereocenters. The van der Waals surface area contributed by atoms with Gasteiger partial charge >= 0.3 is 0 Å². The number of nitrogens with one attached hydrogen (secondary N) is 5. The number of likely N-dealkylation sites (tertiary alicyclic amines) is 1. The summed E-state index contributed by atoms with van der Waals surface area (Å²) in [6.07, 6.45) is 4.67. The molecule has 2 aliphatic rings. The number of morpholine rings is 1. The van der Waals surface area contributed by atoms with Gasteiger partial charge in [0.25, 0.3) is 5.91 Å². The van der Waals surface area contributed by atoms with E-state index in [0.717, 1.165) is 32.4 Å². The SMILES string of the molecule is CN(C)CC(=O)Nc1ccc(N)cc1Cl.CS(=O)(=O)Nc1ccc(N)cc1Cl.Nc1ccc(N)c(Cl)c1.Nc1ccc(NC(=O)CN2CCCCC2)c(Cl)c1.Nc1ccc(NC(=O)CN2CCOCC2)c(Cl)c1.Nc1ccc(NC(=O)c2ccccc2)c(Cl)c1. The number of hydrogen-bond donors (Lipinski definition) is 12. The monoisotopic (exact) mass is 1370 g/mol. The van der Waals surface area contributed by atoms with Crippen molar-refractivity contribution in [3.63, 3.8) is 0 Å². The molecule has 29 heteroatoms. The molecule has 0 aromatic heterocycles. The maximum Gasteiger partial charge on any atom is 0.255 e. The molecule has 0 bridgehead atoms. The maximum absolute atomic E-state index is 11.9. The van der Waals surface area contributed by atoms with Crippen molar-refractivity contribution >= 4 is 172 Å². The smallest absolute Gasteiger partial charge is 0.255 e. The molecule has 0 saturated carbocycles. The maximum atomic E-state index is 11.9. The molecule has 0 aliphatic carbocycles. The van der Waals surface area contributed by atoms with Crippen LogP contribution >= 0.6 is 69.6 Å². The number of likely N-dealkylation sites (N-methyl/N-ethyl adjacent to an activating group) is 1. The number of rotatable bonds is 13. The summed E-state index contributed by atoms with van der Waals surface area (Å²) in [6.45, 7) is 6.02. The number of carbonyl (C=O) groups excluding carboxylic acids is 4. The van der Waals surface area contributed by atoms with Crippen LogP contribution in [0.1, 0.15) is 29.6 Å². The average Bonchev–Trinajstić information content (AvgIpc) is 3.06. The Morgan fingerprint density at radius 2 is 0.800 bits per heavy atom. The van der Waals surface area contributed by atoms with Gasteiger partial charge in [-0.1, -0.05) is 94.2 Å². The number of piperidine rings is 1. The highest BCUT2D eigenvalue weighted by atomic mass is 35.5. The third-order valence-corrected chi connectivity index (χ3v) is 14.6. The molecule has 19 N–H and O–H groups in total. The summed E-state index contributed by atoms with van der Waals surface area (Å²) in [6, 6.07) is 38.6. The first-order valence-electron chi connectivity index (χ1n) is 27.5. The third kappa shape index (κ3) is 29.3. The zero-order valence-electron chi connectivity index (χ0n) is 49.7. The van der Waals surface area contributed by atoms with E-state index < -0.39 is 10.0 Å². The van der Waals surface area contributed by atoms with Gasteiger partial charge in [0.15, 0.2) is 0 Å². The van der Waals surface area contributed by atoms with Crippen molar-refractivity contribution < 1.29 is 32.3 Å². The summed E-state index contributed by atoms with van der Waals surface area (Å²) in [5.41, 5.74) is 45.8. The normalized spacial score (nSPS) is 12.8. The Hall–Kier alpha value is -7.65. The Morgan fingerprint density at radius 1 is 0.456 bits per heavy atom. The summed E-state index contributed by atoms with van der Waals surface area (Å²) in [5, 5.41) is 13.6. The Kier molecular flexibility index (Phi) is 31.7. The predicted octanol–water partition coefficient (Wildman–Crippen LogP) is 10.9. The van der Waals surface area contributed by atoms with E-state index in [1.165, 1.54) is 31.4 Å². The molecular formula is C61H75Cl6N15O7S. The summed E-state index contributed by atoms with van der Waals surface area (Å²) in [7, 11) is 0.359. The average molecular weight is 1380 g/mol. The second-order valence-electron chi connectivity index (χ2n) is 20.3. The highest BCUT2D eigenvalue weighted by Gasteiger charge is 2.17. The number of halogens is 6. The number of nitrogens with two attached hydrogens (primary N) is 7. The van der Waals surface area contributed by atoms with Gasteiger partial charge in [-0.2, -0.15) is 0 Å². The van der Waals surface area contributed by atoms with Gasteiger partial charge in [-0.15, -0.1) is 0 Å². The minimum atomic E-state index is -3.29. The highest BCUT2D eigenvalue weighted by Crippen LogP contribution is 2.29. The molecule has 484 valence electrons. The molecule has 22 nitrogen and oxygen atoms in total. The first-order chi connectivity index (χ1) is 42.5. The first kappa shape index (κ1) is 74.8. The van der Waals surface area contributed by atoms with Gasteiger partial charge in [0.1, 0.15) is 0 Å². The first-order valence-corrected chi connectivity index (χ1v) is 31.7. The van der Waals surface area contributed by atoms with Crippen molar-refractivity contribution in [1.82, 2.24) is 14.7 Å². The fourth-order valence-corrected chi connectivity index (χ4v) is 9.82. The van der Waals surface area contributed by atoms with Crippen molar-refractivity contribution in [2.75, 3.05) is 146 Å². The fraction of sp³-hybridized carbons (Fsp3) is 0.246. The van der Waals surface area contributed by atoms with Gasteiger partial charge in [0.2, 0.25) is 27.7 Å². The molecule has 2 fully saturated rings. The van der Waals surface area contributed by atoms with Crippen molar-refractivity contribution in [3.05, 3.63) is 175 Å². The van der Waals surface area contributed by atoms with E-state index in [-0.39, 0.29) is 28.7 Å². The number of nitrogen functional groups attached to an aromatic ring is 7. The second-order valence-corrected chi connectivity index (χ2v) is 24.5. The van der Waals surface area contributed by atoms with E-state index in [9.17, 15) is 27.6 Å². The predicted molar refractivity (Wildman–Crippen MR) is 374 cm³/mol. The largest absolute Gasteiger partial charge is 0.399 e. The number of ether oxygens (including phenoxy) is 1. The van der Waals surface area contributed by atoms with Crippen LogP contribution in [0.3, 0.4) is 0 Å². The van der Waals surface area contributed by atoms with E-state index in [4.69, 9.17) is 114 Å². The standard InChI is InChI=1S/C13H18ClN3O.C13H11ClN2O.C12H16ClN3O2.C10H14ClN3O.C7H9ClN2O2S.C6H7ClN2/c14-11-8-10(15)4-5-12(11)16-13(18)9-17-6-2-1-3-7-17;14-11-8-10(15)6-7-12(11)16-13(17)9-4-2-1-3-5-9;13-10-7-9(14)1-2-11(10)15-12(17)8-16-3-5-18-6-4-16;1-14(2)6-10(15)13-9-4-3-7(12)5-8(9)11;1-13(11,12)10-7-3-2-5(9)4-6(7)8;7-5-3-4(8)1-2-6(5)9/h4-5,8H,1-3,6-7,9,15H2,(H,16,18);1-8H,15H2,(H,16,17);1-2,7H,3-6,8,14H2,(H,15,17);3-5H,6,12H2,1-2H3,(H,13,15);2-4,10H,9H2,1H3;1-3H,8-9H2. The molecule has 2 saturated heterocycles. The van der Waals surface area contributed by atoms with Crippen molar-refractivity contribution in [2.24, 2.45) is 0 Å². The van der Waals surface area contributed by atoms with Crippen LogP contribution in [0, 0.1) is 0 Å². The molecule has 2 heterocycles. The van der Waals surface area contributed by atoms with Crippen LogP contribution in [-0.4, -0.2) is 126 Å². The van der Waals surface area contributed by atoms with Gasteiger partial charge in [-0.05, 0) is 161 Å². The lowest BCUT2D eigenvalue weighted by atomic mass is 10.1. The van der Waals surface area contributed by atoms with Crippen LogP contribution in [0.4, 0.5) is 68.2 Å². The van der Waals surface area contributed by atoms with Gasteiger partial charge in [0.05, 0.1) is 103 Å². The number of benzene rings is 7. The lowest BCUT2D eigenvalue weighted by Crippen LogP contribution is -2.41. The molecule has 4 amide bonds. The topological polar surface area (TPSA) is 364 Å². The summed E-state index contributed by atoms with van der Waals surface area (Å²) >= 11 is 35.2. The summed E-state index contributed by atoms with van der Waals surface area (Å²) in [5.74, 6) is -0.406. The van der Waals surface area contributed by atoms with E-state index in [0.29, 0.717) is 132 Å².